The number of carbonyl (C=O) groups excluding carboxylic acids is 1. The Kier molecular flexibility index (Phi) is 4.28. The lowest BCUT2D eigenvalue weighted by atomic mass is 9.59. The van der Waals surface area contributed by atoms with Crippen molar-refractivity contribution in [2.45, 2.75) is 44.5 Å². The van der Waals surface area contributed by atoms with Crippen molar-refractivity contribution in [2.75, 3.05) is 0 Å². The van der Waals surface area contributed by atoms with Gasteiger partial charge in [0.15, 0.2) is 0 Å². The molecular weight excluding hydrogens is 408 g/mol. The van der Waals surface area contributed by atoms with Crippen molar-refractivity contribution in [3.63, 3.8) is 0 Å². The largest absolute Gasteiger partial charge is 0.461 e. The minimum Gasteiger partial charge on any atom is -0.461 e. The zero-order valence-corrected chi connectivity index (χ0v) is 19.1. The van der Waals surface area contributed by atoms with Gasteiger partial charge in [-0.1, -0.05) is 105 Å². The molecule has 2 unspecified atom stereocenters. The van der Waals surface area contributed by atoms with Crippen LogP contribution in [0.1, 0.15) is 49.8 Å². The number of rotatable bonds is 3. The molecule has 3 aromatic carbocycles. The van der Waals surface area contributed by atoms with Crippen molar-refractivity contribution >= 4 is 11.5 Å². The summed E-state index contributed by atoms with van der Waals surface area (Å²) in [5.74, 6) is -0.0855. The Bertz CT molecular complexity index is 1190. The van der Waals surface area contributed by atoms with Crippen LogP contribution in [-0.2, 0) is 19.9 Å². The molecule has 2 fully saturated rings. The molecule has 0 bridgehead atoms. The van der Waals surface area contributed by atoms with E-state index in [1.165, 1.54) is 0 Å². The van der Waals surface area contributed by atoms with Gasteiger partial charge in [0.05, 0.1) is 0 Å². The monoisotopic (exact) mass is 436 g/mol. The smallest absolute Gasteiger partial charge is 0.228 e. The van der Waals surface area contributed by atoms with Crippen LogP contribution in [0.4, 0.5) is 0 Å². The summed E-state index contributed by atoms with van der Waals surface area (Å²) in [4.78, 5) is 14.0. The second kappa shape index (κ2) is 6.91. The van der Waals surface area contributed by atoms with Crippen LogP contribution in [0.3, 0.4) is 0 Å². The van der Waals surface area contributed by atoms with Gasteiger partial charge in [-0.2, -0.15) is 0 Å². The van der Waals surface area contributed by atoms with Gasteiger partial charge in [-0.15, -0.1) is 0 Å². The summed E-state index contributed by atoms with van der Waals surface area (Å²) in [6.07, 6.45) is 3.77. The summed E-state index contributed by atoms with van der Waals surface area (Å²) in [5, 5.41) is 0. The van der Waals surface area contributed by atoms with E-state index in [2.05, 4.69) is 44.2 Å². The average molecular weight is 437 g/mol. The molecule has 0 spiro atoms. The van der Waals surface area contributed by atoms with E-state index in [-0.39, 0.29) is 11.2 Å². The Balaban J connectivity index is 1.58. The number of hydrogen-bond donors (Lipinski definition) is 0. The van der Waals surface area contributed by atoms with Crippen LogP contribution in [-0.4, -0.2) is 11.6 Å². The minimum atomic E-state index is -1.04. The van der Waals surface area contributed by atoms with E-state index in [4.69, 9.17) is 9.47 Å². The lowest BCUT2D eigenvalue weighted by Gasteiger charge is -2.46. The van der Waals surface area contributed by atoms with E-state index >= 15 is 0 Å². The predicted octanol–water partition coefficient (Wildman–Crippen LogP) is 6.49. The molecule has 2 heterocycles. The van der Waals surface area contributed by atoms with Crippen LogP contribution >= 0.6 is 0 Å². The number of benzene rings is 3. The zero-order chi connectivity index (χ0) is 22.7. The van der Waals surface area contributed by atoms with E-state index in [1.807, 2.05) is 66.7 Å². The maximum atomic E-state index is 14.0. The third-order valence-electron chi connectivity index (χ3n) is 7.59. The Labute approximate surface area is 195 Å². The summed E-state index contributed by atoms with van der Waals surface area (Å²) >= 11 is 0. The van der Waals surface area contributed by atoms with E-state index < -0.39 is 16.8 Å². The van der Waals surface area contributed by atoms with E-state index in [1.54, 1.807) is 0 Å². The minimum absolute atomic E-state index is 0.207. The third-order valence-corrected chi connectivity index (χ3v) is 7.59. The fourth-order valence-corrected chi connectivity index (χ4v) is 6.19. The number of hydrogen-bond acceptors (Lipinski definition) is 3. The van der Waals surface area contributed by atoms with Gasteiger partial charge < -0.3 is 9.47 Å². The SMILES string of the molecule is CC1(C)CC(=O)C23C=C(c4ccccc4)OC2(C1)OC(c1ccccc1)(c1ccccc1)C3. The Hall–Kier alpha value is -3.17. The topological polar surface area (TPSA) is 35.5 Å². The molecule has 1 saturated heterocycles. The van der Waals surface area contributed by atoms with Crippen molar-refractivity contribution in [2.24, 2.45) is 10.8 Å². The quantitative estimate of drug-likeness (QED) is 0.470. The molecule has 3 heteroatoms. The van der Waals surface area contributed by atoms with Gasteiger partial charge in [-0.3, -0.25) is 4.79 Å². The van der Waals surface area contributed by atoms with Crippen LogP contribution in [0.15, 0.2) is 97.1 Å². The van der Waals surface area contributed by atoms with E-state index in [0.29, 0.717) is 19.3 Å². The van der Waals surface area contributed by atoms with Gasteiger partial charge in [-0.25, -0.2) is 0 Å². The van der Waals surface area contributed by atoms with Gasteiger partial charge in [-0.05, 0) is 22.6 Å². The molecule has 2 atom stereocenters. The summed E-state index contributed by atoms with van der Waals surface area (Å²) < 4.78 is 14.0. The fraction of sp³-hybridized carbons (Fsp3) is 0.300. The van der Waals surface area contributed by atoms with Crippen molar-refractivity contribution in [3.8, 4) is 0 Å². The first-order valence-corrected chi connectivity index (χ1v) is 11.7. The summed E-state index contributed by atoms with van der Waals surface area (Å²) in [6.45, 7) is 4.28. The molecular formula is C30H28O3. The van der Waals surface area contributed by atoms with Crippen LogP contribution < -0.4 is 0 Å². The Morgan fingerprint density at radius 1 is 0.727 bits per heavy atom. The van der Waals surface area contributed by atoms with Gasteiger partial charge in [0.25, 0.3) is 0 Å². The fourth-order valence-electron chi connectivity index (χ4n) is 6.19. The second-order valence-electron chi connectivity index (χ2n) is 10.5. The molecule has 3 aliphatic rings. The van der Waals surface area contributed by atoms with Crippen LogP contribution in [0.25, 0.3) is 5.76 Å². The number of carbonyl (C=O) groups is 1. The van der Waals surface area contributed by atoms with Crippen LogP contribution in [0.5, 0.6) is 0 Å². The van der Waals surface area contributed by atoms with Crippen LogP contribution in [0.2, 0.25) is 0 Å². The molecule has 1 aliphatic carbocycles. The predicted molar refractivity (Wildman–Crippen MR) is 128 cm³/mol. The lowest BCUT2D eigenvalue weighted by molar-refractivity contribution is -0.253. The van der Waals surface area contributed by atoms with Gasteiger partial charge >= 0.3 is 0 Å². The van der Waals surface area contributed by atoms with Crippen molar-refractivity contribution in [1.29, 1.82) is 0 Å². The molecule has 166 valence electrons. The molecule has 3 nitrogen and oxygen atoms in total. The first kappa shape index (κ1) is 20.4. The molecule has 0 amide bonds. The molecule has 33 heavy (non-hydrogen) atoms. The normalized spacial score (nSPS) is 29.0. The number of ether oxygens (including phenoxy) is 2. The summed E-state index contributed by atoms with van der Waals surface area (Å²) in [5.41, 5.74) is 1.26. The second-order valence-corrected chi connectivity index (χ2v) is 10.5. The molecule has 2 aliphatic heterocycles. The Morgan fingerprint density at radius 3 is 1.85 bits per heavy atom. The highest BCUT2D eigenvalue weighted by atomic mass is 16.7. The highest BCUT2D eigenvalue weighted by Crippen LogP contribution is 2.69. The molecule has 3 aromatic rings. The van der Waals surface area contributed by atoms with E-state index in [9.17, 15) is 4.79 Å². The van der Waals surface area contributed by atoms with E-state index in [0.717, 1.165) is 22.4 Å². The summed E-state index contributed by atoms with van der Waals surface area (Å²) in [7, 11) is 0. The van der Waals surface area contributed by atoms with Gasteiger partial charge in [0.1, 0.15) is 22.6 Å². The maximum absolute atomic E-state index is 14.0. The molecule has 6 rings (SSSR count). The first-order chi connectivity index (χ1) is 15.9. The third kappa shape index (κ3) is 2.88. The summed E-state index contributed by atoms with van der Waals surface area (Å²) in [6, 6.07) is 30.6. The lowest BCUT2D eigenvalue weighted by Crippen LogP contribution is -2.55. The standard InChI is InChI=1S/C30H28O3/c1-27(2)19-26(31)28-18-25(22-12-6-3-7-13-22)32-30(28,20-27)33-29(21-28,23-14-8-4-9-15-23)24-16-10-5-11-17-24/h3-18H,19-21H2,1-2H3. The molecule has 1 saturated carbocycles. The van der Waals surface area contributed by atoms with Crippen LogP contribution in [0, 0.1) is 10.8 Å². The highest BCUT2D eigenvalue weighted by Gasteiger charge is 2.75. The molecule has 0 N–H and O–H groups in total. The first-order valence-electron chi connectivity index (χ1n) is 11.7. The molecule has 0 aromatic heterocycles. The average Bonchev–Trinajstić information content (AvgIpc) is 3.29. The van der Waals surface area contributed by atoms with Crippen molar-refractivity contribution in [3.05, 3.63) is 114 Å². The Morgan fingerprint density at radius 2 is 1.27 bits per heavy atom. The highest BCUT2D eigenvalue weighted by molar-refractivity contribution is 5.93. The van der Waals surface area contributed by atoms with Crippen molar-refractivity contribution in [1.82, 2.24) is 0 Å². The van der Waals surface area contributed by atoms with Crippen molar-refractivity contribution < 1.29 is 14.3 Å². The molecule has 0 radical (unpaired) electrons. The van der Waals surface area contributed by atoms with Gasteiger partial charge in [0, 0.05) is 24.8 Å². The zero-order valence-electron chi connectivity index (χ0n) is 19.1. The van der Waals surface area contributed by atoms with Gasteiger partial charge in [0.2, 0.25) is 5.79 Å². The number of ketones is 1. The maximum Gasteiger partial charge on any atom is 0.228 e. The number of Topliss-reactive ketones (excluding diaryl/α,β-unsaturated/α-hetero) is 1.